The van der Waals surface area contributed by atoms with E-state index in [0.717, 1.165) is 33.6 Å². The molecule has 0 aliphatic carbocycles. The summed E-state index contributed by atoms with van der Waals surface area (Å²) >= 11 is 0. The maximum absolute atomic E-state index is 11.0. The molecule has 56 heavy (non-hydrogen) atoms. The number of aliphatic hydroxyl groups is 2. The van der Waals surface area contributed by atoms with Crippen LogP contribution in [0, 0.1) is 0 Å². The minimum Gasteiger partial charge on any atom is -0.497 e. The van der Waals surface area contributed by atoms with Crippen LogP contribution in [0.1, 0.15) is 40.7 Å². The molecule has 1 heterocycles. The van der Waals surface area contributed by atoms with Crippen LogP contribution in [0.3, 0.4) is 0 Å². The van der Waals surface area contributed by atoms with Crippen molar-refractivity contribution in [1.29, 1.82) is 0 Å². The quantitative estimate of drug-likeness (QED) is 0.0744. The van der Waals surface area contributed by atoms with E-state index >= 15 is 0 Å². The van der Waals surface area contributed by atoms with Crippen molar-refractivity contribution in [2.24, 2.45) is 0 Å². The van der Waals surface area contributed by atoms with E-state index < -0.39 is 49.3 Å². The van der Waals surface area contributed by atoms with Crippen LogP contribution in [0.2, 0.25) is 0 Å². The molecule has 9 nitrogen and oxygen atoms in total. The Morgan fingerprint density at radius 3 is 1.46 bits per heavy atom. The second-order valence-electron chi connectivity index (χ2n) is 14.0. The Morgan fingerprint density at radius 2 is 0.982 bits per heavy atom. The van der Waals surface area contributed by atoms with Gasteiger partial charge in [0, 0.05) is 0 Å². The minimum absolute atomic E-state index is 0.248. The molecule has 0 unspecified atom stereocenters. The normalized spacial score (nSPS) is 20.7. The molecule has 0 saturated carbocycles. The Balaban J connectivity index is 1.28. The lowest BCUT2D eigenvalue weighted by molar-refractivity contribution is -0.274. The fourth-order valence-electron chi connectivity index (χ4n) is 6.88. The van der Waals surface area contributed by atoms with Crippen LogP contribution >= 0.6 is 0 Å². The molecule has 0 amide bonds. The Hall–Kier alpha value is -4.42. The standard InChI is InChI=1S/C47H54O9/c1-50-40-24-22-39(23-25-40)30-52-42(41(49)28-48)26-27-43-45(53-31-36-16-8-3-9-17-36)47(55-33-38-20-12-5-13-21-38)46(54-32-37-18-10-4-11-19-37)44(56-43)34-51-29-35-14-6-2-7-15-35/h2-25,41-49H,26-34H2,1H3/t41-,42-,43+,44-,45+,46+,47-/m1/s1. The van der Waals surface area contributed by atoms with Crippen LogP contribution in [0.25, 0.3) is 0 Å². The average Bonchev–Trinajstić information content (AvgIpc) is 3.26. The molecule has 1 saturated heterocycles. The molecular weight excluding hydrogens is 709 g/mol. The predicted molar refractivity (Wildman–Crippen MR) is 214 cm³/mol. The van der Waals surface area contributed by atoms with Crippen molar-refractivity contribution in [3.05, 3.63) is 173 Å². The van der Waals surface area contributed by atoms with Gasteiger partial charge in [0.15, 0.2) is 0 Å². The van der Waals surface area contributed by atoms with Gasteiger partial charge in [0.05, 0.1) is 65.6 Å². The summed E-state index contributed by atoms with van der Waals surface area (Å²) in [6.45, 7) is 1.47. The van der Waals surface area contributed by atoms with Gasteiger partial charge in [-0.3, -0.25) is 0 Å². The molecule has 296 valence electrons. The second-order valence-corrected chi connectivity index (χ2v) is 14.0. The zero-order valence-electron chi connectivity index (χ0n) is 32.0. The third-order valence-corrected chi connectivity index (χ3v) is 9.95. The van der Waals surface area contributed by atoms with Crippen LogP contribution in [0.15, 0.2) is 146 Å². The molecule has 1 fully saturated rings. The van der Waals surface area contributed by atoms with Crippen molar-refractivity contribution in [2.75, 3.05) is 20.3 Å². The van der Waals surface area contributed by atoms with Gasteiger partial charge in [0.1, 0.15) is 36.3 Å². The highest BCUT2D eigenvalue weighted by Gasteiger charge is 2.48. The summed E-state index contributed by atoms with van der Waals surface area (Å²) in [5.41, 5.74) is 5.03. The first-order chi connectivity index (χ1) is 27.6. The number of hydrogen-bond donors (Lipinski definition) is 2. The van der Waals surface area contributed by atoms with E-state index in [9.17, 15) is 10.2 Å². The molecule has 1 aliphatic heterocycles. The maximum Gasteiger partial charge on any atom is 0.118 e. The van der Waals surface area contributed by atoms with Gasteiger partial charge in [0.2, 0.25) is 0 Å². The molecule has 0 bridgehead atoms. The van der Waals surface area contributed by atoms with E-state index in [2.05, 4.69) is 0 Å². The van der Waals surface area contributed by atoms with Gasteiger partial charge in [-0.15, -0.1) is 0 Å². The molecule has 2 N–H and O–H groups in total. The molecule has 1 aliphatic rings. The SMILES string of the molecule is COc1ccc(CO[C@H](CC[C@@H]2O[C@H](COCc3ccccc3)[C@H](OCc3ccccc3)[C@H](OCc3ccccc3)[C@H]2OCc2ccccc2)[C@H](O)CO)cc1. The van der Waals surface area contributed by atoms with Crippen LogP contribution < -0.4 is 4.74 Å². The first-order valence-electron chi connectivity index (χ1n) is 19.4. The van der Waals surface area contributed by atoms with Crippen LogP contribution in [0.4, 0.5) is 0 Å². The summed E-state index contributed by atoms with van der Waals surface area (Å²) in [6.07, 6.45) is -3.67. The lowest BCUT2D eigenvalue weighted by atomic mass is 9.90. The highest BCUT2D eigenvalue weighted by atomic mass is 16.6. The molecule has 5 aromatic carbocycles. The lowest BCUT2D eigenvalue weighted by Crippen LogP contribution is -2.61. The zero-order valence-corrected chi connectivity index (χ0v) is 32.0. The molecule has 0 spiro atoms. The Morgan fingerprint density at radius 1 is 0.536 bits per heavy atom. The van der Waals surface area contributed by atoms with Crippen LogP contribution in [0.5, 0.6) is 5.75 Å². The van der Waals surface area contributed by atoms with Crippen molar-refractivity contribution in [3.8, 4) is 5.75 Å². The first-order valence-corrected chi connectivity index (χ1v) is 19.4. The minimum atomic E-state index is -1.10. The van der Waals surface area contributed by atoms with E-state index in [1.165, 1.54) is 0 Å². The van der Waals surface area contributed by atoms with E-state index in [1.807, 2.05) is 146 Å². The Labute approximate surface area is 330 Å². The summed E-state index contributed by atoms with van der Waals surface area (Å²) < 4.78 is 45.4. The predicted octanol–water partition coefficient (Wildman–Crippen LogP) is 7.45. The number of benzene rings is 5. The number of hydrogen-bond acceptors (Lipinski definition) is 9. The van der Waals surface area contributed by atoms with Crippen molar-refractivity contribution in [3.63, 3.8) is 0 Å². The number of methoxy groups -OCH3 is 1. The van der Waals surface area contributed by atoms with Gasteiger partial charge < -0.3 is 43.4 Å². The largest absolute Gasteiger partial charge is 0.497 e. The Kier molecular flexibility index (Phi) is 16.5. The summed E-state index contributed by atoms with van der Waals surface area (Å²) in [7, 11) is 1.62. The van der Waals surface area contributed by atoms with Crippen LogP contribution in [-0.4, -0.2) is 73.3 Å². The maximum atomic E-state index is 11.0. The molecule has 6 rings (SSSR count). The van der Waals surface area contributed by atoms with Crippen molar-refractivity contribution < 1.29 is 43.4 Å². The van der Waals surface area contributed by atoms with E-state index in [4.69, 9.17) is 33.2 Å². The molecule has 0 aromatic heterocycles. The number of ether oxygens (including phenoxy) is 7. The summed E-state index contributed by atoms with van der Waals surface area (Å²) in [4.78, 5) is 0. The fourth-order valence-corrected chi connectivity index (χ4v) is 6.88. The van der Waals surface area contributed by atoms with Gasteiger partial charge in [-0.1, -0.05) is 133 Å². The molecule has 0 radical (unpaired) electrons. The highest BCUT2D eigenvalue weighted by molar-refractivity contribution is 5.26. The van der Waals surface area contributed by atoms with E-state index in [0.29, 0.717) is 39.3 Å². The average molecular weight is 763 g/mol. The Bertz CT molecular complexity index is 1780. The topological polar surface area (TPSA) is 105 Å². The van der Waals surface area contributed by atoms with Gasteiger partial charge >= 0.3 is 0 Å². The summed E-state index contributed by atoms with van der Waals surface area (Å²) in [5.74, 6) is 0.745. The molecule has 7 atom stereocenters. The third kappa shape index (κ3) is 12.5. The number of aliphatic hydroxyl groups excluding tert-OH is 2. The lowest BCUT2D eigenvalue weighted by Gasteiger charge is -2.46. The smallest absolute Gasteiger partial charge is 0.118 e. The molecule has 5 aromatic rings. The van der Waals surface area contributed by atoms with Gasteiger partial charge in [0.25, 0.3) is 0 Å². The number of rotatable bonds is 22. The van der Waals surface area contributed by atoms with E-state index in [-0.39, 0.29) is 13.2 Å². The van der Waals surface area contributed by atoms with Gasteiger partial charge in [-0.2, -0.15) is 0 Å². The van der Waals surface area contributed by atoms with Crippen LogP contribution in [-0.2, 0) is 61.5 Å². The second kappa shape index (κ2) is 22.4. The molecule has 9 heteroatoms. The van der Waals surface area contributed by atoms with Gasteiger partial charge in [-0.25, -0.2) is 0 Å². The highest BCUT2D eigenvalue weighted by Crippen LogP contribution is 2.33. The summed E-state index contributed by atoms with van der Waals surface area (Å²) in [6, 6.07) is 47.7. The van der Waals surface area contributed by atoms with Gasteiger partial charge in [-0.05, 0) is 52.8 Å². The van der Waals surface area contributed by atoms with E-state index in [1.54, 1.807) is 7.11 Å². The summed E-state index contributed by atoms with van der Waals surface area (Å²) in [5, 5.41) is 21.0. The zero-order chi connectivity index (χ0) is 38.8. The third-order valence-electron chi connectivity index (χ3n) is 9.95. The van der Waals surface area contributed by atoms with Crippen molar-refractivity contribution in [1.82, 2.24) is 0 Å². The fraction of sp³-hybridized carbons (Fsp3) is 0.362. The van der Waals surface area contributed by atoms with Crippen molar-refractivity contribution in [2.45, 2.75) is 88.6 Å². The molecular formula is C47H54O9. The van der Waals surface area contributed by atoms with Crippen molar-refractivity contribution >= 4 is 0 Å². The first kappa shape index (κ1) is 41.2. The monoisotopic (exact) mass is 762 g/mol.